The van der Waals surface area contributed by atoms with E-state index < -0.39 is 5.97 Å². The van der Waals surface area contributed by atoms with Gasteiger partial charge in [0.15, 0.2) is 6.61 Å². The Hall–Kier alpha value is -2.60. The number of amides is 1. The largest absolute Gasteiger partial charge is 0.494 e. The smallest absolute Gasteiger partial charge is 0.331 e. The highest BCUT2D eigenvalue weighted by atomic mass is 32.1. The molecule has 2 rings (SSSR count). The van der Waals surface area contributed by atoms with Gasteiger partial charge in [0.1, 0.15) is 5.75 Å². The van der Waals surface area contributed by atoms with Gasteiger partial charge in [0.25, 0.3) is 5.91 Å². The van der Waals surface area contributed by atoms with Crippen molar-refractivity contribution in [2.45, 2.75) is 13.5 Å². The standard InChI is InChI=1S/C19H21NO4S/c1-3-23-17-7-4-15(5-8-17)6-9-19(22)24-13-18(21)20(2)12-16-10-11-25-14-16/h4-11,14H,3,12-13H2,1-2H3/b9-6+. The maximum atomic E-state index is 12.0. The van der Waals surface area contributed by atoms with Gasteiger partial charge in [-0.3, -0.25) is 4.79 Å². The molecule has 0 N–H and O–H groups in total. The minimum absolute atomic E-state index is 0.242. The van der Waals surface area contributed by atoms with Crippen LogP contribution in [0.15, 0.2) is 47.2 Å². The van der Waals surface area contributed by atoms with E-state index in [-0.39, 0.29) is 12.5 Å². The summed E-state index contributed by atoms with van der Waals surface area (Å²) >= 11 is 1.58. The van der Waals surface area contributed by atoms with Crippen molar-refractivity contribution in [3.63, 3.8) is 0 Å². The molecule has 1 amide bonds. The molecule has 1 aromatic carbocycles. The van der Waals surface area contributed by atoms with E-state index in [0.29, 0.717) is 13.2 Å². The quantitative estimate of drug-likeness (QED) is 0.536. The SMILES string of the molecule is CCOc1ccc(/C=C/C(=O)OCC(=O)N(C)Cc2ccsc2)cc1. The minimum Gasteiger partial charge on any atom is -0.494 e. The Kier molecular flexibility index (Phi) is 7.22. The van der Waals surface area contributed by atoms with Crippen LogP contribution in [0.1, 0.15) is 18.1 Å². The summed E-state index contributed by atoms with van der Waals surface area (Å²) in [6.07, 6.45) is 2.94. The first-order valence-corrected chi connectivity index (χ1v) is 8.85. The molecule has 0 aliphatic carbocycles. The molecule has 6 heteroatoms. The molecular formula is C19H21NO4S. The van der Waals surface area contributed by atoms with Crippen LogP contribution in [0, 0.1) is 0 Å². The fraction of sp³-hybridized carbons (Fsp3) is 0.263. The molecular weight excluding hydrogens is 338 g/mol. The van der Waals surface area contributed by atoms with E-state index >= 15 is 0 Å². The average Bonchev–Trinajstić information content (AvgIpc) is 3.12. The first-order chi connectivity index (χ1) is 12.1. The van der Waals surface area contributed by atoms with Crippen molar-refractivity contribution in [1.82, 2.24) is 4.90 Å². The van der Waals surface area contributed by atoms with Crippen molar-refractivity contribution in [3.05, 3.63) is 58.3 Å². The van der Waals surface area contributed by atoms with Crippen molar-refractivity contribution in [2.75, 3.05) is 20.3 Å². The summed E-state index contributed by atoms with van der Waals surface area (Å²) < 4.78 is 10.3. The number of carbonyl (C=O) groups is 2. The van der Waals surface area contributed by atoms with E-state index in [4.69, 9.17) is 9.47 Å². The second kappa shape index (κ2) is 9.64. The van der Waals surface area contributed by atoms with Crippen molar-refractivity contribution in [1.29, 1.82) is 0 Å². The molecule has 25 heavy (non-hydrogen) atoms. The number of hydrogen-bond donors (Lipinski definition) is 0. The molecule has 0 saturated heterocycles. The summed E-state index contributed by atoms with van der Waals surface area (Å²) in [6.45, 7) is 2.76. The molecule has 0 spiro atoms. The van der Waals surface area contributed by atoms with Gasteiger partial charge in [-0.2, -0.15) is 11.3 Å². The summed E-state index contributed by atoms with van der Waals surface area (Å²) in [5.41, 5.74) is 1.91. The van der Waals surface area contributed by atoms with Crippen molar-refractivity contribution >= 4 is 29.3 Å². The highest BCUT2D eigenvalue weighted by Crippen LogP contribution is 2.13. The summed E-state index contributed by atoms with van der Waals surface area (Å²) in [4.78, 5) is 25.2. The van der Waals surface area contributed by atoms with Gasteiger partial charge < -0.3 is 14.4 Å². The Balaban J connectivity index is 1.76. The number of benzene rings is 1. The molecule has 0 atom stereocenters. The first-order valence-electron chi connectivity index (χ1n) is 7.91. The summed E-state index contributed by atoms with van der Waals surface area (Å²) in [7, 11) is 1.68. The Bertz CT molecular complexity index is 708. The minimum atomic E-state index is -0.550. The Morgan fingerprint density at radius 2 is 1.96 bits per heavy atom. The molecule has 0 aliphatic heterocycles. The Morgan fingerprint density at radius 1 is 1.20 bits per heavy atom. The van der Waals surface area contributed by atoms with Crippen LogP contribution in [0.2, 0.25) is 0 Å². The molecule has 0 fully saturated rings. The van der Waals surface area contributed by atoms with Crippen LogP contribution in [0.25, 0.3) is 6.08 Å². The van der Waals surface area contributed by atoms with Gasteiger partial charge >= 0.3 is 5.97 Å². The number of nitrogens with zero attached hydrogens (tertiary/aromatic N) is 1. The normalized spacial score (nSPS) is 10.6. The highest BCUT2D eigenvalue weighted by Gasteiger charge is 2.11. The van der Waals surface area contributed by atoms with Crippen LogP contribution in [0.4, 0.5) is 0 Å². The van der Waals surface area contributed by atoms with E-state index in [9.17, 15) is 9.59 Å². The maximum Gasteiger partial charge on any atom is 0.331 e. The molecule has 1 aromatic heterocycles. The van der Waals surface area contributed by atoms with Gasteiger partial charge in [0.05, 0.1) is 6.61 Å². The lowest BCUT2D eigenvalue weighted by Crippen LogP contribution is -2.30. The predicted octanol–water partition coefficient (Wildman–Crippen LogP) is 3.36. The highest BCUT2D eigenvalue weighted by molar-refractivity contribution is 7.07. The lowest BCUT2D eigenvalue weighted by atomic mass is 10.2. The molecule has 0 radical (unpaired) electrons. The van der Waals surface area contributed by atoms with Crippen LogP contribution in [-0.2, 0) is 20.9 Å². The lowest BCUT2D eigenvalue weighted by molar-refractivity contribution is -0.147. The number of rotatable bonds is 8. The lowest BCUT2D eigenvalue weighted by Gasteiger charge is -2.15. The van der Waals surface area contributed by atoms with E-state index in [2.05, 4.69) is 0 Å². The fourth-order valence-electron chi connectivity index (χ4n) is 2.04. The monoisotopic (exact) mass is 359 g/mol. The van der Waals surface area contributed by atoms with Gasteiger partial charge in [0.2, 0.25) is 0 Å². The van der Waals surface area contributed by atoms with Crippen molar-refractivity contribution < 1.29 is 19.1 Å². The third-order valence-corrected chi connectivity index (χ3v) is 4.10. The molecule has 0 saturated carbocycles. The third-order valence-electron chi connectivity index (χ3n) is 3.37. The third kappa shape index (κ3) is 6.43. The zero-order valence-electron chi connectivity index (χ0n) is 14.3. The number of carbonyl (C=O) groups excluding carboxylic acids is 2. The number of thiophene rings is 1. The molecule has 0 bridgehead atoms. The van der Waals surface area contributed by atoms with E-state index in [1.165, 1.54) is 11.0 Å². The van der Waals surface area contributed by atoms with E-state index in [0.717, 1.165) is 16.9 Å². The van der Waals surface area contributed by atoms with Gasteiger partial charge in [-0.25, -0.2) is 4.79 Å². The predicted molar refractivity (Wildman–Crippen MR) is 98.4 cm³/mol. The zero-order chi connectivity index (χ0) is 18.1. The topological polar surface area (TPSA) is 55.8 Å². The van der Waals surface area contributed by atoms with Crippen molar-refractivity contribution in [2.24, 2.45) is 0 Å². The number of ether oxygens (including phenoxy) is 2. The zero-order valence-corrected chi connectivity index (χ0v) is 15.1. The van der Waals surface area contributed by atoms with Gasteiger partial charge in [-0.05, 0) is 53.1 Å². The second-order valence-electron chi connectivity index (χ2n) is 5.32. The van der Waals surface area contributed by atoms with Crippen LogP contribution < -0.4 is 4.74 Å². The molecule has 0 aliphatic rings. The van der Waals surface area contributed by atoms with Gasteiger partial charge in [0, 0.05) is 19.7 Å². The number of hydrogen-bond acceptors (Lipinski definition) is 5. The first kappa shape index (κ1) is 18.7. The molecule has 2 aromatic rings. The summed E-state index contributed by atoms with van der Waals surface area (Å²) in [5.74, 6) is -0.0123. The van der Waals surface area contributed by atoms with Gasteiger partial charge in [-0.1, -0.05) is 12.1 Å². The van der Waals surface area contributed by atoms with Crippen LogP contribution in [0.3, 0.4) is 0 Å². The summed E-state index contributed by atoms with van der Waals surface area (Å²) in [5, 5.41) is 3.94. The van der Waals surface area contributed by atoms with E-state index in [1.54, 1.807) is 24.5 Å². The van der Waals surface area contributed by atoms with Crippen LogP contribution in [0.5, 0.6) is 5.75 Å². The Morgan fingerprint density at radius 3 is 2.60 bits per heavy atom. The molecule has 1 heterocycles. The second-order valence-corrected chi connectivity index (χ2v) is 6.10. The van der Waals surface area contributed by atoms with Gasteiger partial charge in [-0.15, -0.1) is 0 Å². The maximum absolute atomic E-state index is 12.0. The van der Waals surface area contributed by atoms with Crippen molar-refractivity contribution in [3.8, 4) is 5.75 Å². The average molecular weight is 359 g/mol. The Labute approximate surface area is 151 Å². The number of esters is 1. The van der Waals surface area contributed by atoms with Crippen LogP contribution in [-0.4, -0.2) is 37.0 Å². The van der Waals surface area contributed by atoms with E-state index in [1.807, 2.05) is 48.0 Å². The number of likely N-dealkylation sites (N-methyl/N-ethyl adjacent to an activating group) is 1. The summed E-state index contributed by atoms with van der Waals surface area (Å²) in [6, 6.07) is 9.30. The molecule has 0 unspecified atom stereocenters. The van der Waals surface area contributed by atoms with Crippen LogP contribution >= 0.6 is 11.3 Å². The molecule has 5 nitrogen and oxygen atoms in total. The molecule has 132 valence electrons. The fourth-order valence-corrected chi connectivity index (χ4v) is 2.70.